The molecule has 3 rings (SSSR count). The van der Waals surface area contributed by atoms with E-state index < -0.39 is 12.1 Å². The highest BCUT2D eigenvalue weighted by molar-refractivity contribution is 5.93. The lowest BCUT2D eigenvalue weighted by Gasteiger charge is -2.20. The molecule has 1 saturated carbocycles. The summed E-state index contributed by atoms with van der Waals surface area (Å²) in [5.74, 6) is -0.410. The van der Waals surface area contributed by atoms with E-state index in [0.29, 0.717) is 18.4 Å². The number of aryl methyl sites for hydroxylation is 1. The highest BCUT2D eigenvalue weighted by Crippen LogP contribution is 2.19. The van der Waals surface area contributed by atoms with Gasteiger partial charge in [-0.15, -0.1) is 0 Å². The second kappa shape index (κ2) is 6.13. The molecule has 0 N–H and O–H groups in total. The Kier molecular flexibility index (Phi) is 4.04. The molecule has 1 aliphatic carbocycles. The van der Waals surface area contributed by atoms with Crippen LogP contribution in [0.2, 0.25) is 0 Å². The fraction of sp³-hybridized carbons (Fsp3) is 0.353. The first-order chi connectivity index (χ1) is 10.6. The molecule has 0 aliphatic heterocycles. The lowest BCUT2D eigenvalue weighted by molar-refractivity contribution is -0.129. The fourth-order valence-electron chi connectivity index (χ4n) is 2.65. The minimum absolute atomic E-state index is 0.0309. The highest BCUT2D eigenvalue weighted by atomic mass is 16.5. The molecular weight excluding hydrogens is 280 g/mol. The largest absolute Gasteiger partial charge is 0.451 e. The van der Waals surface area contributed by atoms with E-state index in [1.165, 1.54) is 0 Å². The van der Waals surface area contributed by atoms with Gasteiger partial charge in [0.25, 0.3) is 0 Å². The molecule has 1 aromatic heterocycles. The highest BCUT2D eigenvalue weighted by Gasteiger charge is 2.26. The predicted molar refractivity (Wildman–Crippen MR) is 81.0 cm³/mol. The van der Waals surface area contributed by atoms with E-state index in [4.69, 9.17) is 4.74 Å². The zero-order chi connectivity index (χ0) is 15.5. The number of rotatable bonds is 3. The molecular formula is C17H18N2O3. The molecule has 1 heterocycles. The van der Waals surface area contributed by atoms with E-state index >= 15 is 0 Å². The summed E-state index contributed by atoms with van der Waals surface area (Å²) in [7, 11) is 0. The van der Waals surface area contributed by atoms with Gasteiger partial charge in [-0.25, -0.2) is 9.48 Å². The van der Waals surface area contributed by atoms with Crippen molar-refractivity contribution in [2.24, 2.45) is 0 Å². The number of benzene rings is 1. The van der Waals surface area contributed by atoms with Gasteiger partial charge in [0, 0.05) is 18.3 Å². The summed E-state index contributed by atoms with van der Waals surface area (Å²) in [6.07, 6.45) is 4.12. The van der Waals surface area contributed by atoms with Gasteiger partial charge >= 0.3 is 5.97 Å². The van der Waals surface area contributed by atoms with Crippen LogP contribution in [-0.2, 0) is 9.53 Å². The lowest BCUT2D eigenvalue weighted by Crippen LogP contribution is -2.30. The van der Waals surface area contributed by atoms with Crippen LogP contribution in [0.25, 0.3) is 5.69 Å². The molecule has 1 aromatic carbocycles. The number of hydrogen-bond acceptors (Lipinski definition) is 4. The SMILES string of the molecule is Cc1ccnn1-c1ccc(C(=O)O[C@@H]2CCCCC2=O)cc1. The molecule has 1 atom stereocenters. The molecule has 1 aliphatic rings. The fourth-order valence-corrected chi connectivity index (χ4v) is 2.65. The van der Waals surface area contributed by atoms with Crippen LogP contribution in [0, 0.1) is 6.92 Å². The van der Waals surface area contributed by atoms with Crippen LogP contribution in [0.15, 0.2) is 36.5 Å². The van der Waals surface area contributed by atoms with E-state index in [1.54, 1.807) is 23.0 Å². The van der Waals surface area contributed by atoms with Crippen molar-refractivity contribution in [2.75, 3.05) is 0 Å². The predicted octanol–water partition coefficient (Wildman–Crippen LogP) is 2.85. The summed E-state index contributed by atoms with van der Waals surface area (Å²) < 4.78 is 7.12. The van der Waals surface area contributed by atoms with Gasteiger partial charge in [0.2, 0.25) is 0 Å². The second-order valence-corrected chi connectivity index (χ2v) is 5.54. The summed E-state index contributed by atoms with van der Waals surface area (Å²) in [6, 6.07) is 8.95. The Balaban J connectivity index is 1.71. The van der Waals surface area contributed by atoms with Crippen molar-refractivity contribution in [3.05, 3.63) is 47.8 Å². The van der Waals surface area contributed by atoms with Crippen LogP contribution in [0.4, 0.5) is 0 Å². The maximum absolute atomic E-state index is 12.1. The van der Waals surface area contributed by atoms with Crippen LogP contribution in [0.3, 0.4) is 0 Å². The first-order valence-electron chi connectivity index (χ1n) is 7.50. The molecule has 0 unspecified atom stereocenters. The van der Waals surface area contributed by atoms with Gasteiger partial charge in [-0.1, -0.05) is 0 Å². The molecule has 0 saturated heterocycles. The van der Waals surface area contributed by atoms with E-state index in [-0.39, 0.29) is 5.78 Å². The number of ketones is 1. The maximum Gasteiger partial charge on any atom is 0.338 e. The average molecular weight is 298 g/mol. The summed E-state index contributed by atoms with van der Waals surface area (Å²) in [5, 5.41) is 4.22. The van der Waals surface area contributed by atoms with Gasteiger partial charge in [0.05, 0.1) is 11.3 Å². The number of ether oxygens (including phenoxy) is 1. The molecule has 22 heavy (non-hydrogen) atoms. The molecule has 0 bridgehead atoms. The summed E-state index contributed by atoms with van der Waals surface area (Å²) >= 11 is 0. The van der Waals surface area contributed by atoms with Gasteiger partial charge in [-0.2, -0.15) is 5.10 Å². The van der Waals surface area contributed by atoms with E-state index in [0.717, 1.165) is 24.2 Å². The van der Waals surface area contributed by atoms with Crippen molar-refractivity contribution >= 4 is 11.8 Å². The third-order valence-electron chi connectivity index (χ3n) is 3.93. The number of aromatic nitrogens is 2. The summed E-state index contributed by atoms with van der Waals surface area (Å²) in [6.45, 7) is 1.96. The Bertz CT molecular complexity index is 688. The van der Waals surface area contributed by atoms with Crippen molar-refractivity contribution in [1.29, 1.82) is 0 Å². The Hall–Kier alpha value is -2.43. The molecule has 2 aromatic rings. The molecule has 114 valence electrons. The first-order valence-corrected chi connectivity index (χ1v) is 7.50. The van der Waals surface area contributed by atoms with Crippen molar-refractivity contribution < 1.29 is 14.3 Å². The third kappa shape index (κ3) is 2.93. The average Bonchev–Trinajstić information content (AvgIpc) is 2.96. The van der Waals surface area contributed by atoms with Gasteiger partial charge in [-0.3, -0.25) is 4.79 Å². The summed E-state index contributed by atoms with van der Waals surface area (Å²) in [4.78, 5) is 23.8. The lowest BCUT2D eigenvalue weighted by atomic mass is 9.96. The Morgan fingerprint density at radius 2 is 2.00 bits per heavy atom. The molecule has 1 fully saturated rings. The Labute approximate surface area is 128 Å². The van der Waals surface area contributed by atoms with Crippen molar-refractivity contribution in [3.8, 4) is 5.69 Å². The third-order valence-corrected chi connectivity index (χ3v) is 3.93. The van der Waals surface area contributed by atoms with E-state index in [9.17, 15) is 9.59 Å². The zero-order valence-corrected chi connectivity index (χ0v) is 12.5. The number of nitrogens with zero attached hydrogens (tertiary/aromatic N) is 2. The van der Waals surface area contributed by atoms with Crippen molar-refractivity contribution in [3.63, 3.8) is 0 Å². The summed E-state index contributed by atoms with van der Waals surface area (Å²) in [5.41, 5.74) is 2.35. The van der Waals surface area contributed by atoms with Gasteiger partial charge in [0.15, 0.2) is 11.9 Å². The Morgan fingerprint density at radius 3 is 2.64 bits per heavy atom. The molecule has 0 amide bonds. The first kappa shape index (κ1) is 14.5. The smallest absolute Gasteiger partial charge is 0.338 e. The molecule has 0 radical (unpaired) electrons. The topological polar surface area (TPSA) is 61.2 Å². The van der Waals surface area contributed by atoms with Gasteiger partial charge in [-0.05, 0) is 56.5 Å². The van der Waals surface area contributed by atoms with Crippen molar-refractivity contribution in [2.45, 2.75) is 38.7 Å². The van der Waals surface area contributed by atoms with Crippen LogP contribution in [-0.4, -0.2) is 27.6 Å². The molecule has 0 spiro atoms. The number of carbonyl (C=O) groups is 2. The molecule has 5 nitrogen and oxygen atoms in total. The van der Waals surface area contributed by atoms with Crippen molar-refractivity contribution in [1.82, 2.24) is 9.78 Å². The zero-order valence-electron chi connectivity index (χ0n) is 12.5. The van der Waals surface area contributed by atoms with Crippen LogP contribution in [0.5, 0.6) is 0 Å². The minimum Gasteiger partial charge on any atom is -0.451 e. The monoisotopic (exact) mass is 298 g/mol. The normalized spacial score (nSPS) is 18.2. The quantitative estimate of drug-likeness (QED) is 0.817. The number of Topliss-reactive ketones (excluding diaryl/α,β-unsaturated/α-hetero) is 1. The van der Waals surface area contributed by atoms with E-state index in [2.05, 4.69) is 5.10 Å². The maximum atomic E-state index is 12.1. The molecule has 5 heteroatoms. The van der Waals surface area contributed by atoms with E-state index in [1.807, 2.05) is 25.1 Å². The minimum atomic E-state index is -0.575. The standard InChI is InChI=1S/C17H18N2O3/c1-12-10-11-18-19(12)14-8-6-13(7-9-14)17(21)22-16-5-3-2-4-15(16)20/h6-11,16H,2-5H2,1H3/t16-/m1/s1. The van der Waals surface area contributed by atoms with Gasteiger partial charge in [0.1, 0.15) is 0 Å². The number of carbonyl (C=O) groups excluding carboxylic acids is 2. The number of esters is 1. The van der Waals surface area contributed by atoms with Crippen LogP contribution in [0.1, 0.15) is 41.7 Å². The second-order valence-electron chi connectivity index (χ2n) is 5.54. The van der Waals surface area contributed by atoms with Crippen LogP contribution < -0.4 is 0 Å². The van der Waals surface area contributed by atoms with Crippen LogP contribution >= 0.6 is 0 Å². The van der Waals surface area contributed by atoms with Gasteiger partial charge < -0.3 is 4.74 Å². The number of hydrogen-bond donors (Lipinski definition) is 0. The Morgan fingerprint density at radius 1 is 1.23 bits per heavy atom.